The number of nitrogens with zero attached hydrogens (tertiary/aromatic N) is 4. The molecule has 4 nitrogen and oxygen atoms in total. The number of para-hydroxylation sites is 2. The van der Waals surface area contributed by atoms with Crippen molar-refractivity contribution >= 4 is 66.4 Å². The Hall–Kier alpha value is -8.18. The summed E-state index contributed by atoms with van der Waals surface area (Å²) in [6.45, 7) is 15.7. The molecule has 0 unspecified atom stereocenters. The molecule has 0 radical (unpaired) electrons. The molecule has 0 N–H and O–H groups in total. The van der Waals surface area contributed by atoms with Gasteiger partial charge in [-0.3, -0.25) is 0 Å². The maximum Gasteiger partial charge on any atom is 0.0991 e. The van der Waals surface area contributed by atoms with Crippen LogP contribution in [0, 0.1) is 50.4 Å². The summed E-state index contributed by atoms with van der Waals surface area (Å²) in [5.74, 6) is 0. The molecule has 0 heterocycles. The highest BCUT2D eigenvalue weighted by Gasteiger charge is 2.28. The molecular weight excluding hydrogens is 801 g/mol. The quantitative estimate of drug-likeness (QED) is 0.143. The van der Waals surface area contributed by atoms with Crippen LogP contribution in [0.3, 0.4) is 0 Å². The first-order chi connectivity index (χ1) is 31.9. The third kappa shape index (κ3) is 7.28. The van der Waals surface area contributed by atoms with Crippen LogP contribution >= 0.6 is 0 Å². The third-order valence-electron chi connectivity index (χ3n) is 13.3. The Kier molecular flexibility index (Phi) is 10.4. The fourth-order valence-electron chi connectivity index (χ4n) is 9.62. The molecular formula is C62H50N4. The predicted molar refractivity (Wildman–Crippen MR) is 277 cm³/mol. The molecule has 0 aliphatic rings. The first-order valence-corrected chi connectivity index (χ1v) is 22.6. The Morgan fingerprint density at radius 1 is 0.364 bits per heavy atom. The van der Waals surface area contributed by atoms with E-state index in [1.807, 2.05) is 48.5 Å². The van der Waals surface area contributed by atoms with Gasteiger partial charge in [-0.2, -0.15) is 10.5 Å². The van der Waals surface area contributed by atoms with E-state index in [1.165, 1.54) is 27.1 Å². The van der Waals surface area contributed by atoms with E-state index in [4.69, 9.17) is 0 Å². The average Bonchev–Trinajstić information content (AvgIpc) is 3.33. The first kappa shape index (κ1) is 41.8. The third-order valence-corrected chi connectivity index (χ3v) is 13.3. The monoisotopic (exact) mass is 850 g/mol. The molecule has 10 aromatic carbocycles. The lowest BCUT2D eigenvalue weighted by Crippen LogP contribution is -2.17. The lowest BCUT2D eigenvalue weighted by molar-refractivity contribution is 0.591. The summed E-state index contributed by atoms with van der Waals surface area (Å²) in [6.07, 6.45) is 0. The molecule has 318 valence electrons. The van der Waals surface area contributed by atoms with Crippen molar-refractivity contribution < 1.29 is 0 Å². The summed E-state index contributed by atoms with van der Waals surface area (Å²) in [4.78, 5) is 4.95. The highest BCUT2D eigenvalue weighted by atomic mass is 15.2. The van der Waals surface area contributed by atoms with Gasteiger partial charge >= 0.3 is 0 Å². The van der Waals surface area contributed by atoms with Crippen LogP contribution < -0.4 is 9.80 Å². The van der Waals surface area contributed by atoms with E-state index in [-0.39, 0.29) is 5.41 Å². The highest BCUT2D eigenvalue weighted by Crippen LogP contribution is 2.52. The molecule has 0 bridgehead atoms. The van der Waals surface area contributed by atoms with Crippen molar-refractivity contribution in [2.75, 3.05) is 9.80 Å². The number of nitriles is 2. The Morgan fingerprint density at radius 3 is 1.15 bits per heavy atom. The van der Waals surface area contributed by atoms with Crippen molar-refractivity contribution in [1.29, 1.82) is 10.5 Å². The number of rotatable bonds is 8. The number of hydrogen-bond donors (Lipinski definition) is 0. The molecule has 10 rings (SSSR count). The molecule has 0 saturated carbocycles. The van der Waals surface area contributed by atoms with Crippen molar-refractivity contribution in [2.45, 2.75) is 53.9 Å². The number of hydrogen-bond acceptors (Lipinski definition) is 4. The zero-order chi connectivity index (χ0) is 45.9. The summed E-state index contributed by atoms with van der Waals surface area (Å²) >= 11 is 0. The highest BCUT2D eigenvalue weighted by molar-refractivity contribution is 6.29. The Bertz CT molecular complexity index is 3350. The minimum absolute atomic E-state index is 0.0288. The van der Waals surface area contributed by atoms with Crippen LogP contribution in [0.15, 0.2) is 176 Å². The Labute approximate surface area is 388 Å². The predicted octanol–water partition coefficient (Wildman–Crippen LogP) is 17.1. The van der Waals surface area contributed by atoms with Crippen LogP contribution in [0.4, 0.5) is 34.1 Å². The first-order valence-electron chi connectivity index (χ1n) is 22.6. The van der Waals surface area contributed by atoms with Gasteiger partial charge in [-0.1, -0.05) is 142 Å². The van der Waals surface area contributed by atoms with Crippen LogP contribution in [0.5, 0.6) is 0 Å². The van der Waals surface area contributed by atoms with Gasteiger partial charge in [0.2, 0.25) is 0 Å². The van der Waals surface area contributed by atoms with Crippen LogP contribution in [-0.4, -0.2) is 0 Å². The van der Waals surface area contributed by atoms with E-state index in [9.17, 15) is 10.5 Å². The zero-order valence-electron chi connectivity index (χ0n) is 38.5. The van der Waals surface area contributed by atoms with E-state index < -0.39 is 0 Å². The van der Waals surface area contributed by atoms with Crippen LogP contribution in [0.1, 0.15) is 59.7 Å². The van der Waals surface area contributed by atoms with E-state index >= 15 is 0 Å². The van der Waals surface area contributed by atoms with Crippen molar-refractivity contribution in [3.8, 4) is 34.4 Å². The number of anilines is 6. The second kappa shape index (κ2) is 16.4. The van der Waals surface area contributed by atoms with Gasteiger partial charge in [-0.05, 0) is 154 Å². The maximum absolute atomic E-state index is 9.62. The van der Waals surface area contributed by atoms with Crippen molar-refractivity contribution in [2.24, 2.45) is 0 Å². The van der Waals surface area contributed by atoms with Gasteiger partial charge in [0.05, 0.1) is 34.6 Å². The molecule has 0 spiro atoms. The van der Waals surface area contributed by atoms with Gasteiger partial charge in [0.15, 0.2) is 0 Å². The van der Waals surface area contributed by atoms with Gasteiger partial charge < -0.3 is 9.80 Å². The summed E-state index contributed by atoms with van der Waals surface area (Å²) in [5.41, 5.74) is 17.9. The smallest absolute Gasteiger partial charge is 0.0991 e. The van der Waals surface area contributed by atoms with E-state index in [0.29, 0.717) is 11.1 Å². The fourth-order valence-corrected chi connectivity index (χ4v) is 9.62. The van der Waals surface area contributed by atoms with Crippen molar-refractivity contribution in [1.82, 2.24) is 0 Å². The van der Waals surface area contributed by atoms with Crippen molar-refractivity contribution in [3.63, 3.8) is 0 Å². The van der Waals surface area contributed by atoms with Crippen LogP contribution in [0.25, 0.3) is 54.6 Å². The summed E-state index contributed by atoms with van der Waals surface area (Å²) < 4.78 is 0. The minimum Gasteiger partial charge on any atom is -0.309 e. The van der Waals surface area contributed by atoms with E-state index in [1.54, 1.807) is 0 Å². The summed E-state index contributed by atoms with van der Waals surface area (Å²) in [6, 6.07) is 67.6. The topological polar surface area (TPSA) is 54.1 Å². The average molecular weight is 851 g/mol. The lowest BCUT2D eigenvalue weighted by atomic mass is 9.83. The van der Waals surface area contributed by atoms with E-state index in [0.717, 1.165) is 89.4 Å². The standard InChI is InChI=1S/C62H50N4/c1-39-12-8-10-14-54(39)65(56-34-47(22-16-41(56)3)45-24-18-43(37-63)19-25-45)58-36-59(53-31-29-50-33-51(62(5,6)7)32-49-28-30-52(58)61(53)60(49)50)66(55-15-11-9-13-40(55)2)57-35-48(23-17-42(57)4)46-26-20-44(38-64)21-27-46/h8-36H,1-7H3. The molecule has 0 amide bonds. The Morgan fingerprint density at radius 2 is 0.758 bits per heavy atom. The second-order valence-electron chi connectivity index (χ2n) is 18.7. The second-order valence-corrected chi connectivity index (χ2v) is 18.7. The summed E-state index contributed by atoms with van der Waals surface area (Å²) in [7, 11) is 0. The minimum atomic E-state index is -0.0288. The fraction of sp³-hybridized carbons (Fsp3) is 0.129. The van der Waals surface area contributed by atoms with Gasteiger partial charge in [0.1, 0.15) is 0 Å². The number of aryl methyl sites for hydroxylation is 4. The molecule has 4 heteroatoms. The normalized spacial score (nSPS) is 11.5. The molecule has 0 aromatic heterocycles. The SMILES string of the molecule is Cc1ccccc1N(c1cc(-c2ccc(C#N)cc2)ccc1C)c1cc(N(c2ccccc2C)c2cc(-c3ccc(C#N)cc3)ccc2C)c2ccc3cc(C(C)(C)C)cc4ccc1c2c43. The van der Waals surface area contributed by atoms with Crippen molar-refractivity contribution in [3.05, 3.63) is 215 Å². The molecule has 0 saturated heterocycles. The molecule has 0 fully saturated rings. The molecule has 10 aromatic rings. The zero-order valence-corrected chi connectivity index (χ0v) is 38.5. The van der Waals surface area contributed by atoms with Gasteiger partial charge in [0, 0.05) is 38.9 Å². The summed E-state index contributed by atoms with van der Waals surface area (Å²) in [5, 5.41) is 26.5. The van der Waals surface area contributed by atoms with Crippen LogP contribution in [-0.2, 0) is 5.41 Å². The van der Waals surface area contributed by atoms with E-state index in [2.05, 4.69) is 198 Å². The Balaban J connectivity index is 1.34. The van der Waals surface area contributed by atoms with Gasteiger partial charge in [-0.15, -0.1) is 0 Å². The van der Waals surface area contributed by atoms with Gasteiger partial charge in [0.25, 0.3) is 0 Å². The van der Waals surface area contributed by atoms with Crippen LogP contribution in [0.2, 0.25) is 0 Å². The molecule has 0 atom stereocenters. The molecule has 0 aliphatic carbocycles. The largest absolute Gasteiger partial charge is 0.309 e. The van der Waals surface area contributed by atoms with Gasteiger partial charge in [-0.25, -0.2) is 0 Å². The maximum atomic E-state index is 9.62. The number of benzene rings is 10. The molecule has 0 aliphatic heterocycles. The lowest BCUT2D eigenvalue weighted by Gasteiger charge is -2.34. The molecule has 66 heavy (non-hydrogen) atoms.